The van der Waals surface area contributed by atoms with Crippen LogP contribution in [0.3, 0.4) is 0 Å². The highest BCUT2D eigenvalue weighted by Crippen LogP contribution is 2.30. The van der Waals surface area contributed by atoms with Gasteiger partial charge in [0.1, 0.15) is 0 Å². The van der Waals surface area contributed by atoms with E-state index in [9.17, 15) is 0 Å². The highest BCUT2D eigenvalue weighted by atomic mass is 15.1. The molecule has 0 aliphatic carbocycles. The first-order valence-corrected chi connectivity index (χ1v) is 8.58. The Kier molecular flexibility index (Phi) is 4.92. The summed E-state index contributed by atoms with van der Waals surface area (Å²) in [5, 5.41) is 2.83. The number of hydrogen-bond acceptors (Lipinski definition) is 1. The summed E-state index contributed by atoms with van der Waals surface area (Å²) in [5.41, 5.74) is 1.55. The maximum Gasteiger partial charge on any atom is -0.00129 e. The van der Waals surface area contributed by atoms with Crippen LogP contribution in [-0.2, 0) is 0 Å². The van der Waals surface area contributed by atoms with Crippen LogP contribution < -0.4 is 0 Å². The van der Waals surface area contributed by atoms with E-state index < -0.39 is 0 Å². The molecule has 3 rings (SSSR count). The van der Waals surface area contributed by atoms with E-state index in [1.54, 1.807) is 5.56 Å². The zero-order chi connectivity index (χ0) is 14.5. The average Bonchev–Trinajstić information content (AvgIpc) is 2.56. The van der Waals surface area contributed by atoms with Gasteiger partial charge in [-0.2, -0.15) is 0 Å². The summed E-state index contributed by atoms with van der Waals surface area (Å²) in [5.74, 6) is 0.693. The summed E-state index contributed by atoms with van der Waals surface area (Å²) in [6, 6.07) is 15.6. The van der Waals surface area contributed by atoms with Gasteiger partial charge in [0.25, 0.3) is 0 Å². The van der Waals surface area contributed by atoms with Crippen molar-refractivity contribution in [3.8, 4) is 0 Å². The van der Waals surface area contributed by atoms with Gasteiger partial charge in [-0.3, -0.25) is 0 Å². The Morgan fingerprint density at radius 2 is 1.71 bits per heavy atom. The second-order valence-electron chi connectivity index (χ2n) is 6.36. The lowest BCUT2D eigenvalue weighted by Gasteiger charge is -2.28. The molecule has 1 nitrogen and oxygen atoms in total. The lowest BCUT2D eigenvalue weighted by Crippen LogP contribution is -2.31. The number of benzene rings is 2. The van der Waals surface area contributed by atoms with Crippen LogP contribution >= 0.6 is 0 Å². The van der Waals surface area contributed by atoms with E-state index in [4.69, 9.17) is 0 Å². The lowest BCUT2D eigenvalue weighted by molar-refractivity contribution is 0.220. The Bertz CT molecular complexity index is 564. The molecule has 1 aliphatic rings. The standard InChI is InChI=1S/C20H27N/c1-2-17(13-16-21-14-6-3-7-15-21)19-12-8-10-18-9-4-5-11-20(18)19/h4-5,8-12,17H,2-3,6-7,13-16H2,1H3/t17-/m1/s1. The summed E-state index contributed by atoms with van der Waals surface area (Å²) in [6.07, 6.45) is 6.75. The van der Waals surface area contributed by atoms with Crippen molar-refractivity contribution < 1.29 is 0 Å². The Morgan fingerprint density at radius 1 is 0.952 bits per heavy atom. The molecule has 112 valence electrons. The fourth-order valence-corrected chi connectivity index (χ4v) is 3.71. The largest absolute Gasteiger partial charge is 0.303 e. The van der Waals surface area contributed by atoms with E-state index in [-0.39, 0.29) is 0 Å². The molecule has 2 aromatic rings. The smallest absolute Gasteiger partial charge is 0.00129 e. The van der Waals surface area contributed by atoms with Gasteiger partial charge in [0.2, 0.25) is 0 Å². The SMILES string of the molecule is CC[C@H](CCN1CCCCC1)c1cccc2ccccc12. The Hall–Kier alpha value is -1.34. The molecular weight excluding hydrogens is 254 g/mol. The summed E-state index contributed by atoms with van der Waals surface area (Å²) in [7, 11) is 0. The second kappa shape index (κ2) is 7.09. The van der Waals surface area contributed by atoms with Gasteiger partial charge in [-0.05, 0) is 67.6 Å². The van der Waals surface area contributed by atoms with Gasteiger partial charge < -0.3 is 4.90 Å². The second-order valence-corrected chi connectivity index (χ2v) is 6.36. The maximum absolute atomic E-state index is 2.66. The number of fused-ring (bicyclic) bond motifs is 1. The molecule has 0 unspecified atom stereocenters. The van der Waals surface area contributed by atoms with E-state index in [0.29, 0.717) is 5.92 Å². The molecule has 0 aromatic heterocycles. The first-order chi connectivity index (χ1) is 10.4. The number of likely N-dealkylation sites (tertiary alicyclic amines) is 1. The molecule has 0 spiro atoms. The van der Waals surface area contributed by atoms with Crippen LogP contribution in [0.5, 0.6) is 0 Å². The van der Waals surface area contributed by atoms with Gasteiger partial charge >= 0.3 is 0 Å². The summed E-state index contributed by atoms with van der Waals surface area (Å²) in [4.78, 5) is 2.66. The molecule has 1 aliphatic heterocycles. The highest BCUT2D eigenvalue weighted by Gasteiger charge is 2.15. The van der Waals surface area contributed by atoms with Crippen LogP contribution in [-0.4, -0.2) is 24.5 Å². The molecule has 1 saturated heterocycles. The van der Waals surface area contributed by atoms with Gasteiger partial charge in [-0.1, -0.05) is 55.8 Å². The van der Waals surface area contributed by atoms with Crippen LogP contribution in [0.1, 0.15) is 50.5 Å². The first-order valence-electron chi connectivity index (χ1n) is 8.58. The van der Waals surface area contributed by atoms with Gasteiger partial charge in [0.15, 0.2) is 0 Å². The lowest BCUT2D eigenvalue weighted by atomic mass is 9.89. The first kappa shape index (κ1) is 14.6. The third-order valence-electron chi connectivity index (χ3n) is 5.00. The van der Waals surface area contributed by atoms with Crippen LogP contribution in [0, 0.1) is 0 Å². The van der Waals surface area contributed by atoms with Gasteiger partial charge in [0, 0.05) is 0 Å². The molecule has 1 heteroatoms. The van der Waals surface area contributed by atoms with Crippen molar-refractivity contribution >= 4 is 10.8 Å². The number of rotatable bonds is 5. The van der Waals surface area contributed by atoms with Crippen molar-refractivity contribution in [2.75, 3.05) is 19.6 Å². The maximum atomic E-state index is 2.66. The molecule has 0 amide bonds. The molecule has 1 fully saturated rings. The zero-order valence-corrected chi connectivity index (χ0v) is 13.2. The summed E-state index contributed by atoms with van der Waals surface area (Å²) >= 11 is 0. The van der Waals surface area contributed by atoms with Crippen LogP contribution in [0.4, 0.5) is 0 Å². The predicted molar refractivity (Wildman–Crippen MR) is 91.9 cm³/mol. The van der Waals surface area contributed by atoms with E-state index in [0.717, 1.165) is 0 Å². The van der Waals surface area contributed by atoms with Crippen LogP contribution in [0.2, 0.25) is 0 Å². The fraction of sp³-hybridized carbons (Fsp3) is 0.500. The summed E-state index contributed by atoms with van der Waals surface area (Å²) < 4.78 is 0. The predicted octanol–water partition coefficient (Wildman–Crippen LogP) is 5.21. The minimum absolute atomic E-state index is 0.693. The quantitative estimate of drug-likeness (QED) is 0.727. The molecule has 21 heavy (non-hydrogen) atoms. The van der Waals surface area contributed by atoms with Crippen molar-refractivity contribution in [1.29, 1.82) is 0 Å². The summed E-state index contributed by atoms with van der Waals surface area (Å²) in [6.45, 7) is 6.22. The third-order valence-corrected chi connectivity index (χ3v) is 5.00. The van der Waals surface area contributed by atoms with Crippen molar-refractivity contribution in [3.05, 3.63) is 48.0 Å². The van der Waals surface area contributed by atoms with Gasteiger partial charge in [-0.25, -0.2) is 0 Å². The number of hydrogen-bond donors (Lipinski definition) is 0. The third kappa shape index (κ3) is 3.47. The van der Waals surface area contributed by atoms with E-state index in [1.807, 2.05) is 0 Å². The molecule has 2 aromatic carbocycles. The van der Waals surface area contributed by atoms with Crippen LogP contribution in [0.15, 0.2) is 42.5 Å². The molecule has 0 bridgehead atoms. The molecule has 0 saturated carbocycles. The average molecular weight is 281 g/mol. The van der Waals surface area contributed by atoms with E-state index in [2.05, 4.69) is 54.3 Å². The Labute approximate surface area is 129 Å². The zero-order valence-electron chi connectivity index (χ0n) is 13.2. The van der Waals surface area contributed by atoms with Gasteiger partial charge in [-0.15, -0.1) is 0 Å². The minimum atomic E-state index is 0.693. The monoisotopic (exact) mass is 281 g/mol. The van der Waals surface area contributed by atoms with E-state index >= 15 is 0 Å². The highest BCUT2D eigenvalue weighted by molar-refractivity contribution is 5.86. The molecular formula is C20H27N. The Morgan fingerprint density at radius 3 is 2.52 bits per heavy atom. The fourth-order valence-electron chi connectivity index (χ4n) is 3.71. The van der Waals surface area contributed by atoms with E-state index in [1.165, 1.54) is 62.5 Å². The Balaban J connectivity index is 1.75. The normalized spacial score (nSPS) is 18.0. The van der Waals surface area contributed by atoms with Crippen LogP contribution in [0.25, 0.3) is 10.8 Å². The number of nitrogens with zero attached hydrogens (tertiary/aromatic N) is 1. The van der Waals surface area contributed by atoms with Gasteiger partial charge in [0.05, 0.1) is 0 Å². The molecule has 1 atom stereocenters. The van der Waals surface area contributed by atoms with Crippen molar-refractivity contribution in [2.45, 2.75) is 44.9 Å². The molecule has 0 radical (unpaired) electrons. The van der Waals surface area contributed by atoms with Crippen molar-refractivity contribution in [3.63, 3.8) is 0 Å². The molecule has 1 heterocycles. The molecule has 0 N–H and O–H groups in total. The van der Waals surface area contributed by atoms with Crippen molar-refractivity contribution in [1.82, 2.24) is 4.90 Å². The topological polar surface area (TPSA) is 3.24 Å². The minimum Gasteiger partial charge on any atom is -0.303 e. The van der Waals surface area contributed by atoms with Crippen molar-refractivity contribution in [2.24, 2.45) is 0 Å². The number of piperidine rings is 1.